The van der Waals surface area contributed by atoms with Crippen LogP contribution < -0.4 is 4.74 Å². The Labute approximate surface area is 85.0 Å². The van der Waals surface area contributed by atoms with Gasteiger partial charge in [-0.3, -0.25) is 0 Å². The maximum Gasteiger partial charge on any atom is 0.149 e. The zero-order valence-corrected chi connectivity index (χ0v) is 8.69. The Morgan fingerprint density at radius 3 is 2.92 bits per heavy atom. The van der Waals surface area contributed by atoms with Gasteiger partial charge in [0.2, 0.25) is 0 Å². The molecule has 13 heavy (non-hydrogen) atoms. The lowest BCUT2D eigenvalue weighted by Crippen LogP contribution is -1.94. The summed E-state index contributed by atoms with van der Waals surface area (Å²) < 4.78 is 18.5. The van der Waals surface area contributed by atoms with Gasteiger partial charge in [-0.1, -0.05) is 5.92 Å². The van der Waals surface area contributed by atoms with Crippen LogP contribution in [0.25, 0.3) is 0 Å². The van der Waals surface area contributed by atoms with Crippen molar-refractivity contribution >= 4 is 15.9 Å². The maximum atomic E-state index is 12.9. The third kappa shape index (κ3) is 3.08. The predicted molar refractivity (Wildman–Crippen MR) is 53.0 cm³/mol. The van der Waals surface area contributed by atoms with E-state index in [4.69, 9.17) is 4.74 Å². The summed E-state index contributed by atoms with van der Waals surface area (Å²) in [4.78, 5) is 0. The van der Waals surface area contributed by atoms with Crippen molar-refractivity contribution in [3.63, 3.8) is 0 Å². The second-order valence-electron chi connectivity index (χ2n) is 2.29. The lowest BCUT2D eigenvalue weighted by Gasteiger charge is -2.02. The first kappa shape index (κ1) is 10.1. The molecule has 1 aromatic rings. The van der Waals surface area contributed by atoms with E-state index in [-0.39, 0.29) is 12.4 Å². The molecule has 1 aromatic carbocycles. The molecule has 0 heterocycles. The lowest BCUT2D eigenvalue weighted by atomic mass is 10.3. The average Bonchev–Trinajstić information content (AvgIpc) is 2.12. The van der Waals surface area contributed by atoms with Gasteiger partial charge < -0.3 is 4.74 Å². The normalized spacial score (nSPS) is 8.85. The smallest absolute Gasteiger partial charge is 0.149 e. The van der Waals surface area contributed by atoms with Gasteiger partial charge in [-0.15, -0.1) is 5.92 Å². The third-order valence-electron chi connectivity index (χ3n) is 1.38. The average molecular weight is 243 g/mol. The standard InChI is InChI=1S/C10H8BrFO/c1-2-3-6-13-8-4-5-9(11)10(12)7-8/h4-5,7H,6H2,1H3. The highest BCUT2D eigenvalue weighted by molar-refractivity contribution is 9.10. The van der Waals surface area contributed by atoms with Crippen LogP contribution in [0.1, 0.15) is 6.92 Å². The fraction of sp³-hybridized carbons (Fsp3) is 0.200. The molecule has 0 unspecified atom stereocenters. The van der Waals surface area contributed by atoms with Gasteiger partial charge in [0.15, 0.2) is 0 Å². The van der Waals surface area contributed by atoms with Crippen LogP contribution >= 0.6 is 15.9 Å². The first-order valence-corrected chi connectivity index (χ1v) is 4.51. The van der Waals surface area contributed by atoms with Crippen LogP contribution in [0.15, 0.2) is 22.7 Å². The number of rotatable bonds is 2. The summed E-state index contributed by atoms with van der Waals surface area (Å²) in [7, 11) is 0. The van der Waals surface area contributed by atoms with Gasteiger partial charge in [-0.25, -0.2) is 4.39 Å². The first-order chi connectivity index (χ1) is 6.24. The minimum atomic E-state index is -0.332. The topological polar surface area (TPSA) is 9.23 Å². The predicted octanol–water partition coefficient (Wildman–Crippen LogP) is 2.99. The van der Waals surface area contributed by atoms with Gasteiger partial charge >= 0.3 is 0 Å². The Kier molecular flexibility index (Phi) is 3.78. The van der Waals surface area contributed by atoms with E-state index < -0.39 is 0 Å². The largest absolute Gasteiger partial charge is 0.481 e. The molecule has 68 valence electrons. The molecular formula is C10H8BrFO. The zero-order chi connectivity index (χ0) is 9.68. The lowest BCUT2D eigenvalue weighted by molar-refractivity contribution is 0.367. The number of hydrogen-bond donors (Lipinski definition) is 0. The molecule has 0 spiro atoms. The summed E-state index contributed by atoms with van der Waals surface area (Å²) in [6.45, 7) is 2.02. The minimum absolute atomic E-state index is 0.289. The van der Waals surface area contributed by atoms with Crippen molar-refractivity contribution in [1.29, 1.82) is 0 Å². The van der Waals surface area contributed by atoms with Crippen LogP contribution in [0.2, 0.25) is 0 Å². The molecule has 0 bridgehead atoms. The van der Waals surface area contributed by atoms with E-state index in [9.17, 15) is 4.39 Å². The highest BCUT2D eigenvalue weighted by atomic mass is 79.9. The Hall–Kier alpha value is -1.01. The Morgan fingerprint density at radius 1 is 1.54 bits per heavy atom. The molecule has 0 amide bonds. The molecule has 0 N–H and O–H groups in total. The van der Waals surface area contributed by atoms with E-state index in [2.05, 4.69) is 27.8 Å². The molecular weight excluding hydrogens is 235 g/mol. The summed E-state index contributed by atoms with van der Waals surface area (Å²) in [5.41, 5.74) is 0. The van der Waals surface area contributed by atoms with Gasteiger partial charge in [0.1, 0.15) is 18.2 Å². The molecule has 0 aliphatic carbocycles. The van der Waals surface area contributed by atoms with E-state index in [0.29, 0.717) is 10.2 Å². The molecule has 0 fully saturated rings. The quantitative estimate of drug-likeness (QED) is 0.725. The molecule has 3 heteroatoms. The van der Waals surface area contributed by atoms with Crippen LogP contribution in [-0.4, -0.2) is 6.61 Å². The van der Waals surface area contributed by atoms with Crippen LogP contribution in [-0.2, 0) is 0 Å². The van der Waals surface area contributed by atoms with Crippen molar-refractivity contribution in [1.82, 2.24) is 0 Å². The van der Waals surface area contributed by atoms with E-state index in [1.54, 1.807) is 19.1 Å². The molecule has 1 rings (SSSR count). The Morgan fingerprint density at radius 2 is 2.31 bits per heavy atom. The van der Waals surface area contributed by atoms with Crippen LogP contribution in [0.5, 0.6) is 5.75 Å². The minimum Gasteiger partial charge on any atom is -0.481 e. The molecule has 0 radical (unpaired) electrons. The summed E-state index contributed by atoms with van der Waals surface area (Å²) in [5.74, 6) is 5.57. The Balaban J connectivity index is 2.66. The van der Waals surface area contributed by atoms with Gasteiger partial charge in [-0.05, 0) is 35.0 Å². The van der Waals surface area contributed by atoms with Gasteiger partial charge in [0.05, 0.1) is 4.47 Å². The van der Waals surface area contributed by atoms with E-state index >= 15 is 0 Å². The molecule has 0 saturated carbocycles. The second-order valence-corrected chi connectivity index (χ2v) is 3.15. The van der Waals surface area contributed by atoms with Crippen molar-refractivity contribution < 1.29 is 9.13 Å². The van der Waals surface area contributed by atoms with E-state index in [1.807, 2.05) is 0 Å². The maximum absolute atomic E-state index is 12.9. The molecule has 0 aromatic heterocycles. The number of ether oxygens (including phenoxy) is 1. The number of halogens is 2. The molecule has 1 nitrogen and oxygen atoms in total. The van der Waals surface area contributed by atoms with Crippen LogP contribution in [0, 0.1) is 17.7 Å². The highest BCUT2D eigenvalue weighted by Gasteiger charge is 1.99. The molecule has 0 saturated heterocycles. The Bertz CT molecular complexity index is 352. The summed E-state index contributed by atoms with van der Waals surface area (Å²) in [5, 5.41) is 0. The van der Waals surface area contributed by atoms with E-state index in [0.717, 1.165) is 0 Å². The highest BCUT2D eigenvalue weighted by Crippen LogP contribution is 2.20. The van der Waals surface area contributed by atoms with Crippen LogP contribution in [0.3, 0.4) is 0 Å². The van der Waals surface area contributed by atoms with Crippen molar-refractivity contribution in [2.45, 2.75) is 6.92 Å². The second kappa shape index (κ2) is 4.88. The van der Waals surface area contributed by atoms with Gasteiger partial charge in [0, 0.05) is 6.07 Å². The molecule has 0 aliphatic heterocycles. The summed E-state index contributed by atoms with van der Waals surface area (Å²) >= 11 is 3.05. The third-order valence-corrected chi connectivity index (χ3v) is 2.02. The van der Waals surface area contributed by atoms with Crippen molar-refractivity contribution in [2.75, 3.05) is 6.61 Å². The van der Waals surface area contributed by atoms with Crippen molar-refractivity contribution in [2.24, 2.45) is 0 Å². The van der Waals surface area contributed by atoms with Crippen LogP contribution in [0.4, 0.5) is 4.39 Å². The summed E-state index contributed by atoms with van der Waals surface area (Å²) in [6, 6.07) is 4.61. The van der Waals surface area contributed by atoms with Gasteiger partial charge in [-0.2, -0.15) is 0 Å². The zero-order valence-electron chi connectivity index (χ0n) is 7.10. The number of benzene rings is 1. The van der Waals surface area contributed by atoms with Crippen molar-refractivity contribution in [3.05, 3.63) is 28.5 Å². The molecule has 0 aliphatic rings. The number of hydrogen-bond acceptors (Lipinski definition) is 1. The van der Waals surface area contributed by atoms with E-state index in [1.165, 1.54) is 6.07 Å². The monoisotopic (exact) mass is 242 g/mol. The van der Waals surface area contributed by atoms with Gasteiger partial charge in [0.25, 0.3) is 0 Å². The van der Waals surface area contributed by atoms with Crippen molar-refractivity contribution in [3.8, 4) is 17.6 Å². The fourth-order valence-electron chi connectivity index (χ4n) is 0.758. The molecule has 0 atom stereocenters. The first-order valence-electron chi connectivity index (χ1n) is 3.71. The summed E-state index contributed by atoms with van der Waals surface area (Å²) in [6.07, 6.45) is 0. The SMILES string of the molecule is CC#CCOc1ccc(Br)c(F)c1. The fourth-order valence-corrected chi connectivity index (χ4v) is 1.00.